The highest BCUT2D eigenvalue weighted by Gasteiger charge is 2.34. The van der Waals surface area contributed by atoms with Crippen LogP contribution in [0.4, 0.5) is 5.69 Å². The molecule has 0 aliphatic carbocycles. The number of amides is 1. The highest BCUT2D eigenvalue weighted by molar-refractivity contribution is 7.92. The number of ether oxygens (including phenoxy) is 2. The van der Waals surface area contributed by atoms with E-state index < -0.39 is 44.0 Å². The lowest BCUT2D eigenvalue weighted by atomic mass is 10.0. The van der Waals surface area contributed by atoms with Crippen molar-refractivity contribution in [1.29, 1.82) is 0 Å². The number of aromatic nitrogens is 3. The maximum atomic E-state index is 14.3. The number of likely N-dealkylation sites (N-methyl/N-ethyl adjacent to an activating group) is 1. The summed E-state index contributed by atoms with van der Waals surface area (Å²) in [7, 11) is -4.92. The van der Waals surface area contributed by atoms with Gasteiger partial charge in [0.05, 0.1) is 36.7 Å². The third-order valence-corrected chi connectivity index (χ3v) is 11.7. The van der Waals surface area contributed by atoms with Crippen molar-refractivity contribution in [3.8, 4) is 5.75 Å². The lowest BCUT2D eigenvalue weighted by molar-refractivity contribution is -0.00835. The number of nitrogens with zero attached hydrogens (tertiary/aromatic N) is 5. The lowest BCUT2D eigenvalue weighted by Gasteiger charge is -2.35. The molecule has 15 nitrogen and oxygen atoms in total. The van der Waals surface area contributed by atoms with E-state index in [4.69, 9.17) is 14.0 Å². The minimum absolute atomic E-state index is 0.00400. The average Bonchev–Trinajstić information content (AvgIpc) is 3.63. The molecular weight excluding hydrogens is 665 g/mol. The summed E-state index contributed by atoms with van der Waals surface area (Å²) in [5, 5.41) is 13.8. The molecule has 0 bridgehead atoms. The lowest BCUT2D eigenvalue weighted by Crippen LogP contribution is -2.48. The largest absolute Gasteiger partial charge is 0.490 e. The number of hydrogen-bond acceptors (Lipinski definition) is 11. The molecule has 0 saturated carbocycles. The second kappa shape index (κ2) is 15.4. The number of carbonyl (C=O) groups is 1. The topological polar surface area (TPSA) is 186 Å². The predicted molar refractivity (Wildman–Crippen MR) is 177 cm³/mol. The van der Waals surface area contributed by atoms with Crippen LogP contribution in [0.15, 0.2) is 45.2 Å². The molecule has 1 aliphatic heterocycles. The van der Waals surface area contributed by atoms with Gasteiger partial charge >= 0.3 is 0 Å². The Bertz CT molecular complexity index is 1770. The van der Waals surface area contributed by atoms with Gasteiger partial charge in [0.15, 0.2) is 10.8 Å². The standard InChI is InChI=1S/C31H46N6O9S2/c1-20-15-37(21(2)18-38)31(39)26-14-25(34-47(40,41)29-17-35(6)19-32-29)11-12-27(26)45-22(3)10-8-9-13-44-28(20)16-36(7)48(42,43)30-23(4)33-46-24(30)5/h11-12,14,17,19-22,28,34,38H,8-10,13,15-16,18H2,1-7H3/t20-,21+,22-,28+/m1/s1. The van der Waals surface area contributed by atoms with Crippen molar-refractivity contribution in [1.82, 2.24) is 23.9 Å². The number of carbonyl (C=O) groups excluding carboxylic acids is 1. The molecule has 0 fully saturated rings. The van der Waals surface area contributed by atoms with Crippen molar-refractivity contribution in [2.24, 2.45) is 13.0 Å². The van der Waals surface area contributed by atoms with E-state index in [2.05, 4.69) is 14.9 Å². The highest BCUT2D eigenvalue weighted by atomic mass is 32.2. The summed E-state index contributed by atoms with van der Waals surface area (Å²) < 4.78 is 76.0. The minimum Gasteiger partial charge on any atom is -0.490 e. The average molecular weight is 711 g/mol. The number of hydrogen-bond donors (Lipinski definition) is 2. The van der Waals surface area contributed by atoms with E-state index in [-0.39, 0.29) is 64.2 Å². The Morgan fingerprint density at radius 3 is 2.52 bits per heavy atom. The van der Waals surface area contributed by atoms with Crippen molar-refractivity contribution in [2.75, 3.05) is 38.1 Å². The van der Waals surface area contributed by atoms with Crippen LogP contribution in [0, 0.1) is 19.8 Å². The molecule has 2 aromatic heterocycles. The van der Waals surface area contributed by atoms with Gasteiger partial charge in [-0.25, -0.2) is 13.4 Å². The number of sulfonamides is 2. The number of aliphatic hydroxyl groups is 1. The van der Waals surface area contributed by atoms with E-state index >= 15 is 0 Å². The number of nitrogens with one attached hydrogen (secondary N) is 1. The van der Waals surface area contributed by atoms with Gasteiger partial charge in [0.25, 0.3) is 15.9 Å². The molecule has 3 aromatic rings. The van der Waals surface area contributed by atoms with Gasteiger partial charge in [0.1, 0.15) is 16.3 Å². The molecule has 4 rings (SSSR count). The summed E-state index contributed by atoms with van der Waals surface area (Å²) in [4.78, 5) is 19.7. The molecule has 266 valence electrons. The molecule has 1 amide bonds. The van der Waals surface area contributed by atoms with E-state index in [0.29, 0.717) is 19.4 Å². The third-order valence-electron chi connectivity index (χ3n) is 8.33. The fourth-order valence-electron chi connectivity index (χ4n) is 5.53. The van der Waals surface area contributed by atoms with Crippen LogP contribution in [0.25, 0.3) is 0 Å². The van der Waals surface area contributed by atoms with Crippen LogP contribution in [-0.2, 0) is 31.8 Å². The number of anilines is 1. The van der Waals surface area contributed by atoms with Crippen molar-refractivity contribution >= 4 is 31.6 Å². The Kier molecular flexibility index (Phi) is 11.9. The van der Waals surface area contributed by atoms with Gasteiger partial charge in [-0.2, -0.15) is 12.7 Å². The Morgan fingerprint density at radius 2 is 1.90 bits per heavy atom. The number of aliphatic hydroxyl groups excluding tert-OH is 1. The predicted octanol–water partition coefficient (Wildman–Crippen LogP) is 2.94. The van der Waals surface area contributed by atoms with Gasteiger partial charge in [-0.15, -0.1) is 0 Å². The molecule has 4 atom stereocenters. The summed E-state index contributed by atoms with van der Waals surface area (Å²) in [6, 6.07) is 3.83. The van der Waals surface area contributed by atoms with Crippen LogP contribution in [0.5, 0.6) is 5.75 Å². The quantitative estimate of drug-likeness (QED) is 0.333. The first kappa shape index (κ1) is 37.3. The van der Waals surface area contributed by atoms with Gasteiger partial charge in [0.2, 0.25) is 10.0 Å². The molecule has 0 saturated heterocycles. The molecule has 17 heteroatoms. The van der Waals surface area contributed by atoms with Crippen molar-refractivity contribution in [2.45, 2.75) is 82.1 Å². The fraction of sp³-hybridized carbons (Fsp3) is 0.581. The number of fused-ring (bicyclic) bond motifs is 1. The first-order valence-corrected chi connectivity index (χ1v) is 18.7. The second-order valence-corrected chi connectivity index (χ2v) is 16.0. The number of imidazole rings is 1. The number of aryl methyl sites for hydroxylation is 3. The first-order chi connectivity index (χ1) is 22.5. The SMILES string of the molecule is Cc1noc(C)c1S(=O)(=O)N(C)C[C@@H]1OCCCC[C@@H](C)Oc2ccc(NS(=O)(=O)c3cn(C)cn3)cc2C(=O)N([C@@H](C)CO)C[C@H]1C. The zero-order valence-electron chi connectivity index (χ0n) is 28.4. The Balaban J connectivity index is 1.68. The monoisotopic (exact) mass is 710 g/mol. The maximum absolute atomic E-state index is 14.3. The molecule has 1 aliphatic rings. The summed E-state index contributed by atoms with van der Waals surface area (Å²) in [6.45, 7) is 8.61. The van der Waals surface area contributed by atoms with Crippen molar-refractivity contribution < 1.29 is 40.7 Å². The fourth-order valence-corrected chi connectivity index (χ4v) is 8.03. The summed E-state index contributed by atoms with van der Waals surface area (Å²) >= 11 is 0. The van der Waals surface area contributed by atoms with Gasteiger partial charge in [-0.05, 0) is 65.2 Å². The van der Waals surface area contributed by atoms with Gasteiger partial charge in [-0.1, -0.05) is 12.1 Å². The van der Waals surface area contributed by atoms with Crippen LogP contribution >= 0.6 is 0 Å². The zero-order chi connectivity index (χ0) is 35.4. The molecule has 3 heterocycles. The number of rotatable bonds is 9. The van der Waals surface area contributed by atoms with Crippen molar-refractivity contribution in [3.63, 3.8) is 0 Å². The van der Waals surface area contributed by atoms with Crippen LogP contribution in [0.2, 0.25) is 0 Å². The van der Waals surface area contributed by atoms with E-state index in [1.807, 2.05) is 13.8 Å². The molecule has 2 N–H and O–H groups in total. The normalized spacial score (nSPS) is 21.0. The van der Waals surface area contributed by atoms with E-state index in [1.165, 1.54) is 45.5 Å². The van der Waals surface area contributed by atoms with E-state index in [9.17, 15) is 26.7 Å². The van der Waals surface area contributed by atoms with Crippen LogP contribution in [-0.4, -0.2) is 103 Å². The third kappa shape index (κ3) is 8.55. The van der Waals surface area contributed by atoms with E-state index in [0.717, 1.165) is 6.42 Å². The smallest absolute Gasteiger partial charge is 0.280 e. The van der Waals surface area contributed by atoms with Crippen LogP contribution in [0.1, 0.15) is 61.8 Å². The van der Waals surface area contributed by atoms with E-state index in [1.54, 1.807) is 33.9 Å². The molecule has 48 heavy (non-hydrogen) atoms. The number of benzene rings is 1. The minimum atomic E-state index is -4.06. The second-order valence-electron chi connectivity index (χ2n) is 12.4. The van der Waals surface area contributed by atoms with Gasteiger partial charge in [-0.3, -0.25) is 9.52 Å². The van der Waals surface area contributed by atoms with Crippen molar-refractivity contribution in [3.05, 3.63) is 47.7 Å². The molecule has 1 aromatic carbocycles. The Morgan fingerprint density at radius 1 is 1.17 bits per heavy atom. The van der Waals surface area contributed by atoms with Gasteiger partial charge < -0.3 is 28.6 Å². The summed E-state index contributed by atoms with van der Waals surface area (Å²) in [5.41, 5.74) is 0.481. The molecular formula is C31H46N6O9S2. The molecule has 0 unspecified atom stereocenters. The van der Waals surface area contributed by atoms with Crippen LogP contribution < -0.4 is 9.46 Å². The summed E-state index contributed by atoms with van der Waals surface area (Å²) in [6.07, 6.45) is 3.89. The first-order valence-electron chi connectivity index (χ1n) is 15.8. The Hall–Kier alpha value is -3.51. The van der Waals surface area contributed by atoms with Crippen LogP contribution in [0.3, 0.4) is 0 Å². The molecule has 0 spiro atoms. The summed E-state index contributed by atoms with van der Waals surface area (Å²) in [5.74, 6) is -0.449. The Labute approximate surface area is 282 Å². The van der Waals surface area contributed by atoms with Gasteiger partial charge in [0, 0.05) is 51.6 Å². The zero-order valence-corrected chi connectivity index (χ0v) is 30.0. The molecule has 0 radical (unpaired) electrons. The maximum Gasteiger partial charge on any atom is 0.280 e. The highest BCUT2D eigenvalue weighted by Crippen LogP contribution is 2.30.